The maximum absolute atomic E-state index is 3.77. The molecule has 0 aliphatic carbocycles. The molecule has 14 heavy (non-hydrogen) atoms. The van der Waals surface area contributed by atoms with E-state index in [9.17, 15) is 0 Å². The van der Waals surface area contributed by atoms with E-state index in [2.05, 4.69) is 68.6 Å². The lowest BCUT2D eigenvalue weighted by Gasteiger charge is -2.16. The van der Waals surface area contributed by atoms with Gasteiger partial charge in [-0.3, -0.25) is 0 Å². The molecule has 1 unspecified atom stereocenters. The Morgan fingerprint density at radius 3 is 2.93 bits per heavy atom. The Kier molecular flexibility index (Phi) is 5.12. The van der Waals surface area contributed by atoms with E-state index in [-0.39, 0.29) is 0 Å². The third-order valence-electron chi connectivity index (χ3n) is 2.08. The zero-order valence-electron chi connectivity index (χ0n) is 8.06. The second kappa shape index (κ2) is 5.88. The van der Waals surface area contributed by atoms with Gasteiger partial charge in [0.25, 0.3) is 0 Å². The Bertz CT molecular complexity index is 325. The molecule has 3 heteroatoms. The monoisotopic (exact) mass is 365 g/mol. The summed E-state index contributed by atoms with van der Waals surface area (Å²) >= 11 is 5.89. The van der Waals surface area contributed by atoms with Crippen molar-refractivity contribution in [3.8, 4) is 0 Å². The minimum atomic E-state index is 0.344. The van der Waals surface area contributed by atoms with Crippen LogP contribution in [0, 0.1) is 3.57 Å². The van der Waals surface area contributed by atoms with E-state index >= 15 is 0 Å². The Morgan fingerprint density at radius 1 is 1.64 bits per heavy atom. The molecule has 1 aromatic carbocycles. The Morgan fingerprint density at radius 2 is 2.36 bits per heavy atom. The van der Waals surface area contributed by atoms with Crippen LogP contribution < -0.4 is 5.32 Å². The van der Waals surface area contributed by atoms with E-state index in [0.717, 1.165) is 10.9 Å². The molecule has 1 aromatic rings. The highest BCUT2D eigenvalue weighted by Gasteiger charge is 2.10. The third kappa shape index (κ3) is 3.07. The van der Waals surface area contributed by atoms with Crippen molar-refractivity contribution in [3.63, 3.8) is 0 Å². The van der Waals surface area contributed by atoms with Crippen molar-refractivity contribution in [2.75, 3.05) is 7.05 Å². The summed E-state index contributed by atoms with van der Waals surface area (Å²) in [5.41, 5.74) is 1.29. The predicted molar refractivity (Wildman–Crippen MR) is 73.5 cm³/mol. The average molecular weight is 366 g/mol. The lowest BCUT2D eigenvalue weighted by Crippen LogP contribution is -2.16. The zero-order chi connectivity index (χ0) is 10.6. The molecule has 0 fully saturated rings. The quantitative estimate of drug-likeness (QED) is 0.630. The van der Waals surface area contributed by atoms with Crippen molar-refractivity contribution in [1.82, 2.24) is 5.32 Å². The molecule has 0 aliphatic heterocycles. The van der Waals surface area contributed by atoms with E-state index < -0.39 is 0 Å². The van der Waals surface area contributed by atoms with Gasteiger partial charge in [-0.25, -0.2) is 0 Å². The highest BCUT2D eigenvalue weighted by atomic mass is 127. The molecule has 1 rings (SSSR count). The van der Waals surface area contributed by atoms with Crippen LogP contribution in [0.25, 0.3) is 0 Å². The summed E-state index contributed by atoms with van der Waals surface area (Å²) in [6.07, 6.45) is 2.88. The number of benzene rings is 1. The van der Waals surface area contributed by atoms with Crippen molar-refractivity contribution >= 4 is 38.5 Å². The van der Waals surface area contributed by atoms with E-state index in [1.807, 2.05) is 13.1 Å². The second-order valence-corrected chi connectivity index (χ2v) is 5.13. The van der Waals surface area contributed by atoms with Crippen LogP contribution in [0.15, 0.2) is 35.3 Å². The minimum Gasteiger partial charge on any atom is -0.313 e. The van der Waals surface area contributed by atoms with Crippen LogP contribution in [-0.4, -0.2) is 7.05 Å². The molecule has 0 spiro atoms. The molecular formula is C11H13BrIN. The van der Waals surface area contributed by atoms with Crippen LogP contribution in [0.1, 0.15) is 18.0 Å². The van der Waals surface area contributed by atoms with Gasteiger partial charge < -0.3 is 5.32 Å². The highest BCUT2D eigenvalue weighted by Crippen LogP contribution is 2.27. The fourth-order valence-electron chi connectivity index (χ4n) is 1.35. The number of halogens is 2. The van der Waals surface area contributed by atoms with Crippen LogP contribution in [-0.2, 0) is 0 Å². The summed E-state index contributed by atoms with van der Waals surface area (Å²) in [5, 5.41) is 3.28. The smallest absolute Gasteiger partial charge is 0.0363 e. The van der Waals surface area contributed by atoms with Crippen LogP contribution in [0.2, 0.25) is 0 Å². The van der Waals surface area contributed by atoms with Crippen LogP contribution in [0.3, 0.4) is 0 Å². The summed E-state index contributed by atoms with van der Waals surface area (Å²) in [7, 11) is 1.97. The van der Waals surface area contributed by atoms with Gasteiger partial charge in [-0.2, -0.15) is 0 Å². The third-order valence-corrected chi connectivity index (χ3v) is 3.48. The molecule has 0 aliphatic rings. The number of hydrogen-bond acceptors (Lipinski definition) is 1. The molecule has 0 bridgehead atoms. The van der Waals surface area contributed by atoms with Gasteiger partial charge in [0.1, 0.15) is 0 Å². The topological polar surface area (TPSA) is 12.0 Å². The molecular weight excluding hydrogens is 353 g/mol. The zero-order valence-corrected chi connectivity index (χ0v) is 11.8. The Balaban J connectivity index is 3.01. The fourth-order valence-corrected chi connectivity index (χ4v) is 2.39. The Hall–Kier alpha value is 0.130. The lowest BCUT2D eigenvalue weighted by molar-refractivity contribution is 0.601. The summed E-state index contributed by atoms with van der Waals surface area (Å²) in [6.45, 7) is 3.77. The van der Waals surface area contributed by atoms with Gasteiger partial charge in [0.05, 0.1) is 0 Å². The van der Waals surface area contributed by atoms with Gasteiger partial charge in [-0.1, -0.05) is 22.0 Å². The number of rotatable bonds is 4. The predicted octanol–water partition coefficient (Wildman–Crippen LogP) is 3.89. The fraction of sp³-hybridized carbons (Fsp3) is 0.273. The van der Waals surface area contributed by atoms with Gasteiger partial charge in [-0.15, -0.1) is 6.58 Å². The Labute approximate surface area is 107 Å². The maximum atomic E-state index is 3.77. The first-order valence-electron chi connectivity index (χ1n) is 4.42. The largest absolute Gasteiger partial charge is 0.313 e. The van der Waals surface area contributed by atoms with E-state index in [1.165, 1.54) is 9.13 Å². The maximum Gasteiger partial charge on any atom is 0.0363 e. The first kappa shape index (κ1) is 12.2. The van der Waals surface area contributed by atoms with Crippen LogP contribution in [0.5, 0.6) is 0 Å². The molecule has 0 amide bonds. The van der Waals surface area contributed by atoms with E-state index in [4.69, 9.17) is 0 Å². The molecule has 0 radical (unpaired) electrons. The van der Waals surface area contributed by atoms with Gasteiger partial charge in [-0.05, 0) is 59.8 Å². The van der Waals surface area contributed by atoms with Crippen molar-refractivity contribution in [1.29, 1.82) is 0 Å². The van der Waals surface area contributed by atoms with Crippen LogP contribution >= 0.6 is 38.5 Å². The molecule has 76 valence electrons. The van der Waals surface area contributed by atoms with Crippen LogP contribution in [0.4, 0.5) is 0 Å². The van der Waals surface area contributed by atoms with Crippen molar-refractivity contribution < 1.29 is 0 Å². The summed E-state index contributed by atoms with van der Waals surface area (Å²) in [4.78, 5) is 0. The first-order valence-corrected chi connectivity index (χ1v) is 6.29. The van der Waals surface area contributed by atoms with Gasteiger partial charge >= 0.3 is 0 Å². The number of hydrogen-bond donors (Lipinski definition) is 1. The summed E-state index contributed by atoms with van der Waals surface area (Å²) < 4.78 is 2.41. The van der Waals surface area contributed by atoms with Crippen molar-refractivity contribution in [2.45, 2.75) is 12.5 Å². The SMILES string of the molecule is C=CCC(NC)c1cc(I)ccc1Br. The average Bonchev–Trinajstić information content (AvgIpc) is 2.18. The summed E-state index contributed by atoms with van der Waals surface area (Å²) in [5.74, 6) is 0. The van der Waals surface area contributed by atoms with Gasteiger partial charge in [0, 0.05) is 14.1 Å². The molecule has 0 aromatic heterocycles. The normalized spacial score (nSPS) is 12.5. The molecule has 1 N–H and O–H groups in total. The lowest BCUT2D eigenvalue weighted by atomic mass is 10.0. The first-order chi connectivity index (χ1) is 6.69. The molecule has 1 nitrogen and oxygen atoms in total. The van der Waals surface area contributed by atoms with Crippen molar-refractivity contribution in [3.05, 3.63) is 44.5 Å². The van der Waals surface area contributed by atoms with E-state index in [1.54, 1.807) is 0 Å². The molecule has 0 saturated heterocycles. The molecule has 0 heterocycles. The molecule has 1 atom stereocenters. The van der Waals surface area contributed by atoms with Gasteiger partial charge in [0.2, 0.25) is 0 Å². The summed E-state index contributed by atoms with van der Waals surface area (Å²) in [6, 6.07) is 6.71. The van der Waals surface area contributed by atoms with E-state index in [0.29, 0.717) is 6.04 Å². The van der Waals surface area contributed by atoms with Crippen molar-refractivity contribution in [2.24, 2.45) is 0 Å². The molecule has 0 saturated carbocycles. The van der Waals surface area contributed by atoms with Gasteiger partial charge in [0.15, 0.2) is 0 Å². The number of nitrogens with one attached hydrogen (secondary N) is 1. The highest BCUT2D eigenvalue weighted by molar-refractivity contribution is 14.1. The minimum absolute atomic E-state index is 0.344. The standard InChI is InChI=1S/C11H13BrIN/c1-3-4-11(14-2)9-7-8(13)5-6-10(9)12/h3,5-7,11,14H,1,4H2,2H3. The second-order valence-electron chi connectivity index (χ2n) is 3.03.